The summed E-state index contributed by atoms with van der Waals surface area (Å²) >= 11 is 0. The summed E-state index contributed by atoms with van der Waals surface area (Å²) in [5, 5.41) is 9.91. The molecule has 0 aliphatic carbocycles. The van der Waals surface area contributed by atoms with Crippen molar-refractivity contribution in [2.75, 3.05) is 6.26 Å². The minimum absolute atomic E-state index is 0.0290. The highest BCUT2D eigenvalue weighted by molar-refractivity contribution is 7.90. The Kier molecular flexibility index (Phi) is 5.01. The molecule has 1 atom stereocenters. The van der Waals surface area contributed by atoms with Crippen LogP contribution in [0.4, 0.5) is 0 Å². The summed E-state index contributed by atoms with van der Waals surface area (Å²) in [6.45, 7) is 0. The lowest BCUT2D eigenvalue weighted by Gasteiger charge is -2.08. The molecule has 3 aromatic rings. The third-order valence-corrected chi connectivity index (χ3v) is 4.84. The lowest BCUT2D eigenvalue weighted by atomic mass is 10.0. The fourth-order valence-electron chi connectivity index (χ4n) is 2.52. The second-order valence-corrected chi connectivity index (χ2v) is 7.85. The molecule has 3 rings (SSSR count). The zero-order chi connectivity index (χ0) is 17.9. The van der Waals surface area contributed by atoms with E-state index in [2.05, 4.69) is 17.1 Å². The molecule has 0 aliphatic rings. The van der Waals surface area contributed by atoms with Crippen molar-refractivity contribution in [2.45, 2.75) is 24.0 Å². The van der Waals surface area contributed by atoms with Crippen molar-refractivity contribution in [1.82, 2.24) is 4.98 Å². The van der Waals surface area contributed by atoms with Crippen LogP contribution in [0.25, 0.3) is 11.1 Å². The van der Waals surface area contributed by atoms with Crippen molar-refractivity contribution >= 4 is 9.84 Å². The smallest absolute Gasteiger partial charge is 0.238 e. The first-order valence-electron chi connectivity index (χ1n) is 7.92. The SMILES string of the molecule is CS(=O)(=O)c1cnc(C(O)CCc2ccc(-c3ccccc3)cc2)o1. The summed E-state index contributed by atoms with van der Waals surface area (Å²) in [5.41, 5.74) is 3.37. The van der Waals surface area contributed by atoms with E-state index in [1.165, 1.54) is 0 Å². The molecule has 1 heterocycles. The number of aromatic nitrogens is 1. The number of hydrogen-bond acceptors (Lipinski definition) is 5. The van der Waals surface area contributed by atoms with Gasteiger partial charge in [-0.1, -0.05) is 54.6 Å². The van der Waals surface area contributed by atoms with Gasteiger partial charge in [0.05, 0.1) is 6.20 Å². The van der Waals surface area contributed by atoms with Crippen LogP contribution in [0.3, 0.4) is 0 Å². The Morgan fingerprint density at radius 3 is 2.28 bits per heavy atom. The molecule has 2 aromatic carbocycles. The van der Waals surface area contributed by atoms with E-state index in [9.17, 15) is 13.5 Å². The van der Waals surface area contributed by atoms with Crippen LogP contribution in [-0.2, 0) is 16.3 Å². The highest BCUT2D eigenvalue weighted by Gasteiger charge is 2.19. The standard InChI is InChI=1S/C19H19NO4S/c1-25(22,23)18-13-20-19(24-18)17(21)12-9-14-7-10-16(11-8-14)15-5-3-2-4-6-15/h2-8,10-11,13,17,21H,9,12H2,1H3. The second-order valence-electron chi connectivity index (χ2n) is 5.91. The van der Waals surface area contributed by atoms with Crippen molar-refractivity contribution in [3.05, 3.63) is 72.2 Å². The Hall–Kier alpha value is -2.44. The first-order valence-corrected chi connectivity index (χ1v) is 9.81. The van der Waals surface area contributed by atoms with E-state index < -0.39 is 15.9 Å². The quantitative estimate of drug-likeness (QED) is 0.731. The maximum Gasteiger partial charge on any atom is 0.238 e. The van der Waals surface area contributed by atoms with Gasteiger partial charge in [-0.2, -0.15) is 0 Å². The molecule has 0 amide bonds. The average molecular weight is 357 g/mol. The van der Waals surface area contributed by atoms with Crippen molar-refractivity contribution in [3.8, 4) is 11.1 Å². The first-order chi connectivity index (χ1) is 11.9. The Bertz CT molecular complexity index is 931. The van der Waals surface area contributed by atoms with Crippen molar-refractivity contribution < 1.29 is 17.9 Å². The van der Waals surface area contributed by atoms with Crippen molar-refractivity contribution in [2.24, 2.45) is 0 Å². The number of rotatable bonds is 6. The topological polar surface area (TPSA) is 80.4 Å². The maximum atomic E-state index is 11.4. The molecule has 1 unspecified atom stereocenters. The maximum absolute atomic E-state index is 11.4. The number of aryl methyl sites for hydroxylation is 1. The van der Waals surface area contributed by atoms with Gasteiger partial charge in [-0.25, -0.2) is 13.4 Å². The van der Waals surface area contributed by atoms with Gasteiger partial charge in [0, 0.05) is 6.26 Å². The van der Waals surface area contributed by atoms with E-state index in [1.54, 1.807) is 0 Å². The molecule has 0 fully saturated rings. The van der Waals surface area contributed by atoms with E-state index in [-0.39, 0.29) is 11.0 Å². The monoisotopic (exact) mass is 357 g/mol. The minimum atomic E-state index is -3.45. The van der Waals surface area contributed by atoms with Crippen LogP contribution < -0.4 is 0 Å². The number of sulfone groups is 1. The fourth-order valence-corrected chi connectivity index (χ4v) is 3.00. The first kappa shape index (κ1) is 17.4. The highest BCUT2D eigenvalue weighted by Crippen LogP contribution is 2.23. The van der Waals surface area contributed by atoms with Gasteiger partial charge in [-0.15, -0.1) is 0 Å². The molecule has 1 N–H and O–H groups in total. The van der Waals surface area contributed by atoms with Gasteiger partial charge in [0.15, 0.2) is 0 Å². The third kappa shape index (κ3) is 4.35. The van der Waals surface area contributed by atoms with Crippen molar-refractivity contribution in [3.63, 3.8) is 0 Å². The highest BCUT2D eigenvalue weighted by atomic mass is 32.2. The third-order valence-electron chi connectivity index (χ3n) is 3.92. The largest absolute Gasteiger partial charge is 0.426 e. The lowest BCUT2D eigenvalue weighted by molar-refractivity contribution is 0.129. The second kappa shape index (κ2) is 7.21. The zero-order valence-electron chi connectivity index (χ0n) is 13.8. The number of aliphatic hydroxyl groups is 1. The zero-order valence-corrected chi connectivity index (χ0v) is 14.6. The molecule has 0 aliphatic heterocycles. The Morgan fingerprint density at radius 1 is 1.04 bits per heavy atom. The predicted octanol–water partition coefficient (Wildman–Crippen LogP) is 3.41. The molecule has 0 saturated carbocycles. The van der Waals surface area contributed by atoms with Gasteiger partial charge >= 0.3 is 0 Å². The number of oxazole rings is 1. The molecule has 0 saturated heterocycles. The van der Waals surface area contributed by atoms with E-state index >= 15 is 0 Å². The van der Waals surface area contributed by atoms with Gasteiger partial charge in [-0.05, 0) is 29.5 Å². The van der Waals surface area contributed by atoms with Crippen LogP contribution in [0.15, 0.2) is 70.3 Å². The summed E-state index contributed by atoms with van der Waals surface area (Å²) in [6, 6.07) is 18.2. The summed E-state index contributed by atoms with van der Waals surface area (Å²) < 4.78 is 27.9. The van der Waals surface area contributed by atoms with Gasteiger partial charge < -0.3 is 9.52 Å². The molecule has 0 bridgehead atoms. The number of nitrogens with zero attached hydrogens (tertiary/aromatic N) is 1. The van der Waals surface area contributed by atoms with Crippen LogP contribution in [0.1, 0.15) is 24.0 Å². The van der Waals surface area contributed by atoms with Crippen LogP contribution >= 0.6 is 0 Å². The number of benzene rings is 2. The lowest BCUT2D eigenvalue weighted by Crippen LogP contribution is -2.00. The van der Waals surface area contributed by atoms with E-state index in [0.717, 1.165) is 29.1 Å². The summed E-state index contributed by atoms with van der Waals surface area (Å²) in [6.07, 6.45) is 2.26. The molecule has 5 nitrogen and oxygen atoms in total. The molecule has 130 valence electrons. The molecule has 0 spiro atoms. The molecular formula is C19H19NO4S. The summed E-state index contributed by atoms with van der Waals surface area (Å²) in [7, 11) is -3.45. The van der Waals surface area contributed by atoms with E-state index in [1.807, 2.05) is 42.5 Å². The van der Waals surface area contributed by atoms with Gasteiger partial charge in [0.2, 0.25) is 20.8 Å². The Morgan fingerprint density at radius 2 is 1.68 bits per heavy atom. The molecule has 6 heteroatoms. The van der Waals surface area contributed by atoms with Gasteiger partial charge in [0.25, 0.3) is 0 Å². The average Bonchev–Trinajstić information content (AvgIpc) is 3.11. The van der Waals surface area contributed by atoms with Crippen molar-refractivity contribution in [1.29, 1.82) is 0 Å². The van der Waals surface area contributed by atoms with Gasteiger partial charge in [0.1, 0.15) is 6.10 Å². The Balaban J connectivity index is 1.62. The summed E-state index contributed by atoms with van der Waals surface area (Å²) in [5.74, 6) is 0.0290. The van der Waals surface area contributed by atoms with Gasteiger partial charge in [-0.3, -0.25) is 0 Å². The van der Waals surface area contributed by atoms with E-state index in [0.29, 0.717) is 12.8 Å². The number of hydrogen-bond donors (Lipinski definition) is 1. The minimum Gasteiger partial charge on any atom is -0.426 e. The molecule has 1 aromatic heterocycles. The number of aliphatic hydroxyl groups excluding tert-OH is 1. The normalized spacial score (nSPS) is 12.9. The van der Waals surface area contributed by atoms with Crippen LogP contribution in [-0.4, -0.2) is 24.8 Å². The van der Waals surface area contributed by atoms with Crippen LogP contribution in [0.2, 0.25) is 0 Å². The fraction of sp³-hybridized carbons (Fsp3) is 0.211. The van der Waals surface area contributed by atoms with E-state index in [4.69, 9.17) is 4.42 Å². The summed E-state index contributed by atoms with van der Waals surface area (Å²) in [4.78, 5) is 3.85. The molecule has 25 heavy (non-hydrogen) atoms. The van der Waals surface area contributed by atoms with Crippen LogP contribution in [0.5, 0.6) is 0 Å². The molecule has 0 radical (unpaired) electrons. The predicted molar refractivity (Wildman–Crippen MR) is 94.8 cm³/mol. The van der Waals surface area contributed by atoms with Crippen LogP contribution in [0, 0.1) is 0 Å². The Labute approximate surface area is 146 Å². The molecular weight excluding hydrogens is 338 g/mol.